The highest BCUT2D eigenvalue weighted by Gasteiger charge is 2.21. The zero-order chi connectivity index (χ0) is 16.7. The Labute approximate surface area is 140 Å². The maximum Gasteiger partial charge on any atom is 0.115 e. The third-order valence-electron chi connectivity index (χ3n) is 4.97. The van der Waals surface area contributed by atoms with Gasteiger partial charge in [-0.3, -0.25) is 4.90 Å². The second-order valence-corrected chi connectivity index (χ2v) is 7.46. The third kappa shape index (κ3) is 13.6. The normalized spacial score (nSPS) is 14.5. The van der Waals surface area contributed by atoms with Crippen LogP contribution in [-0.4, -0.2) is 29.8 Å². The Morgan fingerprint density at radius 1 is 0.636 bits per heavy atom. The predicted octanol–water partition coefficient (Wildman–Crippen LogP) is 6.13. The SMILES string of the molecule is CCCCCCCCCCCCCCCCC(C)(O)N(C)C. The second kappa shape index (κ2) is 14.5. The molecular formula is C20H43NO. The molecule has 0 bridgehead atoms. The van der Waals surface area contributed by atoms with E-state index in [9.17, 15) is 5.11 Å². The van der Waals surface area contributed by atoms with E-state index < -0.39 is 5.72 Å². The van der Waals surface area contributed by atoms with Crippen LogP contribution in [0.1, 0.15) is 110 Å². The molecule has 0 saturated carbocycles. The molecule has 2 heteroatoms. The Hall–Kier alpha value is -0.0800. The zero-order valence-electron chi connectivity index (χ0n) is 16.0. The van der Waals surface area contributed by atoms with Crippen molar-refractivity contribution in [3.8, 4) is 0 Å². The molecule has 22 heavy (non-hydrogen) atoms. The van der Waals surface area contributed by atoms with Crippen molar-refractivity contribution < 1.29 is 5.11 Å². The highest BCUT2D eigenvalue weighted by Crippen LogP contribution is 2.18. The van der Waals surface area contributed by atoms with Gasteiger partial charge in [0.15, 0.2) is 0 Å². The fraction of sp³-hybridized carbons (Fsp3) is 1.00. The summed E-state index contributed by atoms with van der Waals surface area (Å²) in [6.45, 7) is 4.19. The summed E-state index contributed by atoms with van der Waals surface area (Å²) in [5, 5.41) is 10.1. The highest BCUT2D eigenvalue weighted by molar-refractivity contribution is 4.68. The summed E-state index contributed by atoms with van der Waals surface area (Å²) in [5.74, 6) is 0. The summed E-state index contributed by atoms with van der Waals surface area (Å²) >= 11 is 0. The van der Waals surface area contributed by atoms with Crippen molar-refractivity contribution in [1.82, 2.24) is 4.90 Å². The predicted molar refractivity (Wildman–Crippen MR) is 99.2 cm³/mol. The topological polar surface area (TPSA) is 23.5 Å². The third-order valence-corrected chi connectivity index (χ3v) is 4.97. The van der Waals surface area contributed by atoms with Gasteiger partial charge < -0.3 is 5.11 Å². The van der Waals surface area contributed by atoms with Crippen molar-refractivity contribution in [3.05, 3.63) is 0 Å². The van der Waals surface area contributed by atoms with E-state index >= 15 is 0 Å². The van der Waals surface area contributed by atoms with E-state index in [0.29, 0.717) is 0 Å². The van der Waals surface area contributed by atoms with Crippen LogP contribution >= 0.6 is 0 Å². The van der Waals surface area contributed by atoms with Crippen LogP contribution in [0.25, 0.3) is 0 Å². The lowest BCUT2D eigenvalue weighted by atomic mass is 10.0. The van der Waals surface area contributed by atoms with E-state index in [4.69, 9.17) is 0 Å². The first kappa shape index (κ1) is 21.9. The number of hydrogen-bond acceptors (Lipinski definition) is 2. The Balaban J connectivity index is 3.15. The zero-order valence-corrected chi connectivity index (χ0v) is 16.0. The van der Waals surface area contributed by atoms with E-state index in [-0.39, 0.29) is 0 Å². The van der Waals surface area contributed by atoms with E-state index in [1.807, 2.05) is 25.9 Å². The Bertz CT molecular complexity index is 226. The first-order valence-electron chi connectivity index (χ1n) is 9.90. The van der Waals surface area contributed by atoms with Gasteiger partial charge in [0.2, 0.25) is 0 Å². The van der Waals surface area contributed by atoms with Gasteiger partial charge in [0, 0.05) is 0 Å². The summed E-state index contributed by atoms with van der Waals surface area (Å²) in [6, 6.07) is 0. The average molecular weight is 314 g/mol. The summed E-state index contributed by atoms with van der Waals surface area (Å²) in [5.41, 5.74) is -0.628. The molecule has 0 spiro atoms. The summed E-state index contributed by atoms with van der Waals surface area (Å²) in [4.78, 5) is 1.91. The Morgan fingerprint density at radius 2 is 0.955 bits per heavy atom. The molecule has 0 radical (unpaired) electrons. The minimum absolute atomic E-state index is 0.628. The van der Waals surface area contributed by atoms with E-state index in [0.717, 1.165) is 12.8 Å². The van der Waals surface area contributed by atoms with E-state index in [1.54, 1.807) is 0 Å². The van der Waals surface area contributed by atoms with Gasteiger partial charge in [-0.1, -0.05) is 90.4 Å². The fourth-order valence-corrected chi connectivity index (χ4v) is 2.88. The van der Waals surface area contributed by atoms with Crippen molar-refractivity contribution in [2.75, 3.05) is 14.1 Å². The van der Waals surface area contributed by atoms with Gasteiger partial charge in [0.25, 0.3) is 0 Å². The maximum atomic E-state index is 10.1. The number of unbranched alkanes of at least 4 members (excludes halogenated alkanes) is 13. The summed E-state index contributed by atoms with van der Waals surface area (Å²) < 4.78 is 0. The van der Waals surface area contributed by atoms with Gasteiger partial charge in [0.05, 0.1) is 0 Å². The molecule has 1 atom stereocenters. The molecule has 0 aliphatic heterocycles. The molecule has 0 heterocycles. The molecule has 1 unspecified atom stereocenters. The first-order chi connectivity index (χ1) is 10.5. The highest BCUT2D eigenvalue weighted by atomic mass is 16.3. The fourth-order valence-electron chi connectivity index (χ4n) is 2.88. The molecule has 2 nitrogen and oxygen atoms in total. The van der Waals surface area contributed by atoms with Crippen LogP contribution in [0.15, 0.2) is 0 Å². The summed E-state index contributed by atoms with van der Waals surface area (Å²) in [6.07, 6.45) is 20.3. The molecule has 0 saturated heterocycles. The number of nitrogens with zero attached hydrogens (tertiary/aromatic N) is 1. The van der Waals surface area contributed by atoms with Crippen LogP contribution in [0.3, 0.4) is 0 Å². The van der Waals surface area contributed by atoms with Crippen LogP contribution in [0.4, 0.5) is 0 Å². The Morgan fingerprint density at radius 3 is 1.27 bits per heavy atom. The lowest BCUT2D eigenvalue weighted by Crippen LogP contribution is -2.40. The van der Waals surface area contributed by atoms with Gasteiger partial charge in [-0.15, -0.1) is 0 Å². The monoisotopic (exact) mass is 313 g/mol. The molecule has 0 rings (SSSR count). The van der Waals surface area contributed by atoms with Crippen molar-refractivity contribution in [3.63, 3.8) is 0 Å². The molecule has 0 amide bonds. The van der Waals surface area contributed by atoms with Gasteiger partial charge in [-0.25, -0.2) is 0 Å². The average Bonchev–Trinajstić information content (AvgIpc) is 2.47. The van der Waals surface area contributed by atoms with Crippen molar-refractivity contribution in [1.29, 1.82) is 0 Å². The number of rotatable bonds is 16. The molecule has 134 valence electrons. The molecule has 0 fully saturated rings. The minimum Gasteiger partial charge on any atom is -0.376 e. The molecule has 1 N–H and O–H groups in total. The number of hydrogen-bond donors (Lipinski definition) is 1. The first-order valence-corrected chi connectivity index (χ1v) is 9.90. The van der Waals surface area contributed by atoms with E-state index in [1.165, 1.54) is 83.5 Å². The van der Waals surface area contributed by atoms with Crippen LogP contribution < -0.4 is 0 Å². The summed E-state index contributed by atoms with van der Waals surface area (Å²) in [7, 11) is 3.90. The molecule has 0 aliphatic rings. The van der Waals surface area contributed by atoms with Crippen LogP contribution in [0.5, 0.6) is 0 Å². The van der Waals surface area contributed by atoms with Crippen LogP contribution in [0, 0.1) is 0 Å². The van der Waals surface area contributed by atoms with Gasteiger partial charge in [-0.2, -0.15) is 0 Å². The second-order valence-electron chi connectivity index (χ2n) is 7.46. The molecule has 0 aromatic rings. The van der Waals surface area contributed by atoms with Crippen molar-refractivity contribution >= 4 is 0 Å². The Kier molecular flexibility index (Phi) is 14.5. The smallest absolute Gasteiger partial charge is 0.115 e. The van der Waals surface area contributed by atoms with Crippen LogP contribution in [-0.2, 0) is 0 Å². The lowest BCUT2D eigenvalue weighted by Gasteiger charge is -2.30. The maximum absolute atomic E-state index is 10.1. The lowest BCUT2D eigenvalue weighted by molar-refractivity contribution is -0.0734. The quantitative estimate of drug-likeness (QED) is 0.274. The van der Waals surface area contributed by atoms with Crippen molar-refractivity contribution in [2.24, 2.45) is 0 Å². The largest absolute Gasteiger partial charge is 0.376 e. The molecular weight excluding hydrogens is 270 g/mol. The van der Waals surface area contributed by atoms with Gasteiger partial charge in [0.1, 0.15) is 5.72 Å². The van der Waals surface area contributed by atoms with E-state index in [2.05, 4.69) is 6.92 Å². The molecule has 0 aliphatic carbocycles. The minimum atomic E-state index is -0.628. The molecule has 0 aromatic carbocycles. The van der Waals surface area contributed by atoms with Crippen LogP contribution in [0.2, 0.25) is 0 Å². The standard InChI is InChI=1S/C20H43NO/c1-5-6-7-8-9-10-11-12-13-14-15-16-17-18-19-20(2,22)21(3)4/h22H,5-19H2,1-4H3. The van der Waals surface area contributed by atoms with Gasteiger partial charge in [-0.05, 0) is 33.9 Å². The van der Waals surface area contributed by atoms with Crippen molar-refractivity contribution in [2.45, 2.75) is 116 Å². The number of aliphatic hydroxyl groups is 1. The molecule has 0 aromatic heterocycles. The van der Waals surface area contributed by atoms with Gasteiger partial charge >= 0.3 is 0 Å².